The summed E-state index contributed by atoms with van der Waals surface area (Å²) in [5, 5.41) is 18.3. The normalized spacial score (nSPS) is 35.2. The van der Waals surface area contributed by atoms with E-state index in [1.165, 1.54) is 6.08 Å². The van der Waals surface area contributed by atoms with E-state index in [0.29, 0.717) is 19.3 Å². The molecule has 0 bridgehead atoms. The molecule has 1 aliphatic heterocycles. The van der Waals surface area contributed by atoms with E-state index in [-0.39, 0.29) is 36.2 Å². The highest BCUT2D eigenvalue weighted by Gasteiger charge is 2.58. The second-order valence-electron chi connectivity index (χ2n) is 7.65. The van der Waals surface area contributed by atoms with E-state index in [9.17, 15) is 19.5 Å². The molecule has 0 spiro atoms. The number of carboxylic acids is 2. The van der Waals surface area contributed by atoms with Crippen LogP contribution in [-0.4, -0.2) is 34.2 Å². The summed E-state index contributed by atoms with van der Waals surface area (Å²) < 4.78 is 5.47. The molecule has 0 radical (unpaired) electrons. The number of aliphatic carboxylic acids is 2. The molecule has 2 aliphatic rings. The largest absolute Gasteiger partial charge is 0.481 e. The Morgan fingerprint density at radius 2 is 2.04 bits per heavy atom. The Kier molecular flexibility index (Phi) is 5.40. The predicted molar refractivity (Wildman–Crippen MR) is 90.8 cm³/mol. The lowest BCUT2D eigenvalue weighted by Crippen LogP contribution is -2.48. The van der Waals surface area contributed by atoms with Crippen LogP contribution in [0.25, 0.3) is 0 Å². The summed E-state index contributed by atoms with van der Waals surface area (Å²) in [6.45, 7) is 9.58. The van der Waals surface area contributed by atoms with Crippen molar-refractivity contribution in [3.05, 3.63) is 23.8 Å². The third-order valence-electron chi connectivity index (χ3n) is 5.82. The monoisotopic (exact) mass is 350 g/mol. The molecule has 1 heterocycles. The van der Waals surface area contributed by atoms with Crippen molar-refractivity contribution in [3.8, 4) is 0 Å². The number of carbonyl (C=O) groups excluding carboxylic acids is 1. The summed E-state index contributed by atoms with van der Waals surface area (Å²) >= 11 is 0. The highest BCUT2D eigenvalue weighted by Crippen LogP contribution is 2.57. The van der Waals surface area contributed by atoms with Crippen LogP contribution in [0.5, 0.6) is 0 Å². The smallest absolute Gasteiger partial charge is 0.328 e. The Labute approximate surface area is 147 Å². The molecule has 2 rings (SSSR count). The summed E-state index contributed by atoms with van der Waals surface area (Å²) in [5.41, 5.74) is 0.961. The Balaban J connectivity index is 2.32. The molecule has 1 saturated heterocycles. The number of rotatable bonds is 6. The number of esters is 1. The molecule has 1 saturated carbocycles. The van der Waals surface area contributed by atoms with E-state index >= 15 is 0 Å². The molecule has 5 atom stereocenters. The molecule has 1 aliphatic carbocycles. The van der Waals surface area contributed by atoms with E-state index in [1.807, 2.05) is 6.92 Å². The maximum Gasteiger partial charge on any atom is 0.328 e. The van der Waals surface area contributed by atoms with Crippen LogP contribution >= 0.6 is 0 Å². The zero-order chi connectivity index (χ0) is 18.9. The van der Waals surface area contributed by atoms with Crippen LogP contribution in [0.15, 0.2) is 23.8 Å². The van der Waals surface area contributed by atoms with Crippen LogP contribution in [0.3, 0.4) is 0 Å². The van der Waals surface area contributed by atoms with Crippen molar-refractivity contribution in [1.29, 1.82) is 0 Å². The fourth-order valence-corrected chi connectivity index (χ4v) is 4.82. The minimum absolute atomic E-state index is 0.0689. The first-order valence-corrected chi connectivity index (χ1v) is 8.56. The molecule has 2 N–H and O–H groups in total. The third kappa shape index (κ3) is 3.78. The van der Waals surface area contributed by atoms with Crippen molar-refractivity contribution in [1.82, 2.24) is 0 Å². The summed E-state index contributed by atoms with van der Waals surface area (Å²) in [4.78, 5) is 34.4. The van der Waals surface area contributed by atoms with Crippen molar-refractivity contribution in [2.45, 2.75) is 52.6 Å². The summed E-state index contributed by atoms with van der Waals surface area (Å²) in [5.74, 6) is -2.79. The Morgan fingerprint density at radius 3 is 2.60 bits per heavy atom. The number of hydrogen-bond acceptors (Lipinski definition) is 4. The molecule has 25 heavy (non-hydrogen) atoms. The van der Waals surface area contributed by atoms with Gasteiger partial charge in [0.15, 0.2) is 0 Å². The van der Waals surface area contributed by atoms with Gasteiger partial charge in [-0.2, -0.15) is 0 Å². The average Bonchev–Trinajstić information content (AvgIpc) is 2.71. The van der Waals surface area contributed by atoms with E-state index in [0.717, 1.165) is 11.1 Å². The molecule has 6 heteroatoms. The van der Waals surface area contributed by atoms with Crippen LogP contribution in [-0.2, 0) is 19.1 Å². The lowest BCUT2D eigenvalue weighted by Gasteiger charge is -2.49. The standard InChI is InChI=1S/C19H26O6/c1-10(7-15(20)21)5-6-13-11(2)8-14-17(12(3)18(24)25-14)19(13,4)9-16(22)23/h7,12-14,17H,2,5-6,8-9H2,1,3-4H3,(H,20,21)(H,22,23)/b10-7+/t12-,13-,14-,17+,19+/m0/s1. The van der Waals surface area contributed by atoms with Gasteiger partial charge in [-0.1, -0.05) is 31.6 Å². The summed E-state index contributed by atoms with van der Waals surface area (Å²) in [6.07, 6.45) is 2.50. The number of ether oxygens (including phenoxy) is 1. The van der Waals surface area contributed by atoms with Gasteiger partial charge in [0.25, 0.3) is 0 Å². The SMILES string of the molecule is C=C1C[C@@H]2OC(=O)[C@@H](C)[C@H]2[C@](C)(CC(=O)O)[C@H]1CC/C(C)=C/C(=O)O. The topological polar surface area (TPSA) is 101 Å². The van der Waals surface area contributed by atoms with Crippen molar-refractivity contribution >= 4 is 17.9 Å². The molecule has 0 unspecified atom stereocenters. The number of carbonyl (C=O) groups is 3. The quantitative estimate of drug-likeness (QED) is 0.434. The van der Waals surface area contributed by atoms with E-state index in [2.05, 4.69) is 6.58 Å². The second-order valence-corrected chi connectivity index (χ2v) is 7.65. The van der Waals surface area contributed by atoms with Crippen molar-refractivity contribution in [2.75, 3.05) is 0 Å². The number of fused-ring (bicyclic) bond motifs is 1. The molecule has 2 fully saturated rings. The van der Waals surface area contributed by atoms with Crippen LogP contribution in [0.1, 0.15) is 46.5 Å². The zero-order valence-electron chi connectivity index (χ0n) is 14.9. The number of carboxylic acid groups (broad SMARTS) is 2. The molecular formula is C19H26O6. The highest BCUT2D eigenvalue weighted by atomic mass is 16.6. The average molecular weight is 350 g/mol. The van der Waals surface area contributed by atoms with Gasteiger partial charge in [0.2, 0.25) is 0 Å². The van der Waals surface area contributed by atoms with Crippen molar-refractivity contribution < 1.29 is 29.3 Å². The van der Waals surface area contributed by atoms with Crippen molar-refractivity contribution in [3.63, 3.8) is 0 Å². The summed E-state index contributed by atoms with van der Waals surface area (Å²) in [7, 11) is 0. The molecule has 6 nitrogen and oxygen atoms in total. The molecular weight excluding hydrogens is 324 g/mol. The molecule has 0 aromatic heterocycles. The maximum absolute atomic E-state index is 12.0. The van der Waals surface area contributed by atoms with E-state index in [1.54, 1.807) is 13.8 Å². The van der Waals surface area contributed by atoms with Crippen molar-refractivity contribution in [2.24, 2.45) is 23.2 Å². The first-order valence-electron chi connectivity index (χ1n) is 8.56. The minimum Gasteiger partial charge on any atom is -0.481 e. The van der Waals surface area contributed by atoms with Gasteiger partial charge in [0.1, 0.15) is 6.10 Å². The van der Waals surface area contributed by atoms with E-state index < -0.39 is 17.4 Å². The second kappa shape index (κ2) is 7.02. The molecule has 138 valence electrons. The number of hydrogen-bond donors (Lipinski definition) is 2. The first kappa shape index (κ1) is 19.2. The van der Waals surface area contributed by atoms with Gasteiger partial charge in [0.05, 0.1) is 12.3 Å². The Morgan fingerprint density at radius 1 is 1.40 bits per heavy atom. The first-order chi connectivity index (χ1) is 11.6. The van der Waals surface area contributed by atoms with Gasteiger partial charge in [-0.15, -0.1) is 0 Å². The third-order valence-corrected chi connectivity index (χ3v) is 5.82. The highest BCUT2D eigenvalue weighted by molar-refractivity contribution is 5.80. The minimum atomic E-state index is -0.989. The van der Waals surface area contributed by atoms with Gasteiger partial charge >= 0.3 is 17.9 Å². The predicted octanol–water partition coefficient (Wildman–Crippen LogP) is 3.03. The van der Waals surface area contributed by atoms with Gasteiger partial charge < -0.3 is 14.9 Å². The van der Waals surface area contributed by atoms with E-state index in [4.69, 9.17) is 9.84 Å². The van der Waals surface area contributed by atoms with Gasteiger partial charge in [0, 0.05) is 18.4 Å². The lowest BCUT2D eigenvalue weighted by atomic mass is 9.54. The van der Waals surface area contributed by atoms with Gasteiger partial charge in [-0.3, -0.25) is 9.59 Å². The molecule has 0 amide bonds. The number of allylic oxidation sites excluding steroid dienone is 1. The van der Waals surface area contributed by atoms with Crippen LogP contribution in [0.2, 0.25) is 0 Å². The maximum atomic E-state index is 12.0. The zero-order valence-corrected chi connectivity index (χ0v) is 14.9. The molecule has 0 aromatic carbocycles. The van der Waals surface area contributed by atoms with Crippen LogP contribution in [0.4, 0.5) is 0 Å². The molecule has 0 aromatic rings. The van der Waals surface area contributed by atoms with Crippen LogP contribution < -0.4 is 0 Å². The van der Waals surface area contributed by atoms with Gasteiger partial charge in [-0.05, 0) is 31.1 Å². The Hall–Kier alpha value is -2.11. The fraction of sp³-hybridized carbons (Fsp3) is 0.632. The Bertz CT molecular complexity index is 634. The lowest BCUT2D eigenvalue weighted by molar-refractivity contribution is -0.144. The van der Waals surface area contributed by atoms with Crippen LogP contribution in [0, 0.1) is 23.2 Å². The fourth-order valence-electron chi connectivity index (χ4n) is 4.82. The summed E-state index contributed by atoms with van der Waals surface area (Å²) in [6, 6.07) is 0. The van der Waals surface area contributed by atoms with Gasteiger partial charge in [-0.25, -0.2) is 4.79 Å².